The van der Waals surface area contributed by atoms with E-state index in [-0.39, 0.29) is 0 Å². The smallest absolute Gasteiger partial charge is 0.119 e. The highest BCUT2D eigenvalue weighted by Crippen LogP contribution is 2.40. The maximum absolute atomic E-state index is 5.35. The Hall–Kier alpha value is -0.500. The molecule has 0 saturated carbocycles. The summed E-state index contributed by atoms with van der Waals surface area (Å²) >= 11 is 3.88. The van der Waals surface area contributed by atoms with Crippen LogP contribution in [0.1, 0.15) is 43.7 Å². The minimum atomic E-state index is 0.564. The van der Waals surface area contributed by atoms with Gasteiger partial charge in [0.15, 0.2) is 0 Å². The lowest BCUT2D eigenvalue weighted by Gasteiger charge is -2.31. The third-order valence-corrected chi connectivity index (χ3v) is 5.43. The van der Waals surface area contributed by atoms with Crippen molar-refractivity contribution in [2.24, 2.45) is 5.92 Å². The number of halogens is 1. The second-order valence-electron chi connectivity index (χ2n) is 5.25. The van der Waals surface area contributed by atoms with Gasteiger partial charge in [-0.25, -0.2) is 0 Å². The van der Waals surface area contributed by atoms with E-state index in [1.165, 1.54) is 30.4 Å². The molecule has 0 bridgehead atoms. The Morgan fingerprint density at radius 3 is 2.76 bits per heavy atom. The number of fused-ring (bicyclic) bond motifs is 1. The standard InChI is InChI=1S/C15H21BrO/c1-10(2)15(16)13-6-4-5-11-7-8-12(17-3)9-14(11)13/h7-10,13,15H,4-6H2,1-3H3. The largest absolute Gasteiger partial charge is 0.497 e. The maximum atomic E-state index is 5.35. The van der Waals surface area contributed by atoms with Crippen LogP contribution in [0.5, 0.6) is 5.75 Å². The second-order valence-corrected chi connectivity index (χ2v) is 6.31. The number of methoxy groups -OCH3 is 1. The van der Waals surface area contributed by atoms with Crippen molar-refractivity contribution in [2.75, 3.05) is 7.11 Å². The van der Waals surface area contributed by atoms with Crippen LogP contribution in [0.4, 0.5) is 0 Å². The number of ether oxygens (including phenoxy) is 1. The van der Waals surface area contributed by atoms with Crippen molar-refractivity contribution in [2.45, 2.75) is 43.9 Å². The van der Waals surface area contributed by atoms with Gasteiger partial charge in [0.1, 0.15) is 5.75 Å². The van der Waals surface area contributed by atoms with Gasteiger partial charge in [-0.2, -0.15) is 0 Å². The molecule has 0 fully saturated rings. The molecule has 94 valence electrons. The van der Waals surface area contributed by atoms with Gasteiger partial charge in [-0.1, -0.05) is 35.8 Å². The van der Waals surface area contributed by atoms with Crippen LogP contribution in [0.25, 0.3) is 0 Å². The van der Waals surface area contributed by atoms with E-state index < -0.39 is 0 Å². The summed E-state index contributed by atoms with van der Waals surface area (Å²) in [6.07, 6.45) is 3.81. The third-order valence-electron chi connectivity index (χ3n) is 3.74. The zero-order chi connectivity index (χ0) is 12.4. The lowest BCUT2D eigenvalue weighted by atomic mass is 9.78. The number of benzene rings is 1. The average Bonchev–Trinajstić information content (AvgIpc) is 2.36. The molecule has 1 aromatic rings. The molecule has 0 saturated heterocycles. The van der Waals surface area contributed by atoms with E-state index in [1.54, 1.807) is 7.11 Å². The van der Waals surface area contributed by atoms with Crippen LogP contribution >= 0.6 is 15.9 Å². The summed E-state index contributed by atoms with van der Waals surface area (Å²) in [5.41, 5.74) is 3.00. The molecule has 17 heavy (non-hydrogen) atoms. The maximum Gasteiger partial charge on any atom is 0.119 e. The topological polar surface area (TPSA) is 9.23 Å². The summed E-state index contributed by atoms with van der Waals surface area (Å²) in [6, 6.07) is 6.55. The van der Waals surface area contributed by atoms with Gasteiger partial charge < -0.3 is 4.74 Å². The van der Waals surface area contributed by atoms with Crippen molar-refractivity contribution < 1.29 is 4.74 Å². The number of aryl methyl sites for hydroxylation is 1. The Morgan fingerprint density at radius 2 is 2.12 bits per heavy atom. The molecular weight excluding hydrogens is 276 g/mol. The van der Waals surface area contributed by atoms with Crippen molar-refractivity contribution in [3.05, 3.63) is 29.3 Å². The second kappa shape index (κ2) is 5.43. The van der Waals surface area contributed by atoms with Gasteiger partial charge in [-0.05, 0) is 54.4 Å². The molecule has 2 heteroatoms. The van der Waals surface area contributed by atoms with Crippen LogP contribution in [0, 0.1) is 5.92 Å². The van der Waals surface area contributed by atoms with E-state index in [0.717, 1.165) is 5.75 Å². The molecule has 0 radical (unpaired) electrons. The first-order valence-electron chi connectivity index (χ1n) is 6.44. The first-order valence-corrected chi connectivity index (χ1v) is 7.36. The molecule has 0 aromatic heterocycles. The van der Waals surface area contributed by atoms with Gasteiger partial charge in [0, 0.05) is 4.83 Å². The monoisotopic (exact) mass is 296 g/mol. The zero-order valence-electron chi connectivity index (χ0n) is 10.9. The van der Waals surface area contributed by atoms with Crippen molar-refractivity contribution in [1.29, 1.82) is 0 Å². The van der Waals surface area contributed by atoms with Crippen molar-refractivity contribution >= 4 is 15.9 Å². The molecule has 0 heterocycles. The van der Waals surface area contributed by atoms with Gasteiger partial charge >= 0.3 is 0 Å². The quantitative estimate of drug-likeness (QED) is 0.745. The fourth-order valence-corrected chi connectivity index (χ4v) is 3.29. The fraction of sp³-hybridized carbons (Fsp3) is 0.600. The van der Waals surface area contributed by atoms with Crippen molar-refractivity contribution in [3.8, 4) is 5.75 Å². The molecule has 1 aliphatic rings. The predicted molar refractivity (Wildman–Crippen MR) is 76.2 cm³/mol. The van der Waals surface area contributed by atoms with Crippen LogP contribution < -0.4 is 4.74 Å². The molecule has 1 aliphatic carbocycles. The minimum absolute atomic E-state index is 0.564. The summed E-state index contributed by atoms with van der Waals surface area (Å²) in [4.78, 5) is 0.564. The lowest BCUT2D eigenvalue weighted by Crippen LogP contribution is -2.22. The average molecular weight is 297 g/mol. The van der Waals surface area contributed by atoms with Crippen molar-refractivity contribution in [3.63, 3.8) is 0 Å². The Labute approximate surface area is 113 Å². The van der Waals surface area contributed by atoms with Gasteiger partial charge in [-0.3, -0.25) is 0 Å². The molecule has 1 aromatic carbocycles. The molecule has 0 N–H and O–H groups in total. The van der Waals surface area contributed by atoms with Crippen LogP contribution in [-0.4, -0.2) is 11.9 Å². The lowest BCUT2D eigenvalue weighted by molar-refractivity contribution is 0.410. The number of hydrogen-bond donors (Lipinski definition) is 0. The summed E-state index contributed by atoms with van der Waals surface area (Å²) < 4.78 is 5.35. The Bertz CT molecular complexity index is 387. The van der Waals surface area contributed by atoms with Crippen LogP contribution in [0.2, 0.25) is 0 Å². The molecule has 1 nitrogen and oxygen atoms in total. The van der Waals surface area contributed by atoms with Crippen LogP contribution in [-0.2, 0) is 6.42 Å². The Balaban J connectivity index is 2.35. The zero-order valence-corrected chi connectivity index (χ0v) is 12.5. The summed E-state index contributed by atoms with van der Waals surface area (Å²) in [5.74, 6) is 2.28. The van der Waals surface area contributed by atoms with E-state index in [1.807, 2.05) is 0 Å². The van der Waals surface area contributed by atoms with Gasteiger partial charge in [0.25, 0.3) is 0 Å². The number of hydrogen-bond acceptors (Lipinski definition) is 1. The highest BCUT2D eigenvalue weighted by atomic mass is 79.9. The minimum Gasteiger partial charge on any atom is -0.497 e. The predicted octanol–water partition coefficient (Wildman–Crippen LogP) is 4.53. The van der Waals surface area contributed by atoms with Crippen molar-refractivity contribution in [1.82, 2.24) is 0 Å². The molecule has 0 amide bonds. The Morgan fingerprint density at radius 1 is 1.35 bits per heavy atom. The molecule has 0 aliphatic heterocycles. The fourth-order valence-electron chi connectivity index (χ4n) is 2.74. The van der Waals surface area contributed by atoms with Crippen LogP contribution in [0.3, 0.4) is 0 Å². The highest BCUT2D eigenvalue weighted by Gasteiger charge is 2.28. The van der Waals surface area contributed by atoms with E-state index in [4.69, 9.17) is 4.74 Å². The van der Waals surface area contributed by atoms with Crippen LogP contribution in [0.15, 0.2) is 18.2 Å². The Kier molecular flexibility index (Phi) is 4.13. The SMILES string of the molecule is COc1ccc2c(c1)C(C(Br)C(C)C)CCC2. The van der Waals surface area contributed by atoms with E-state index in [2.05, 4.69) is 48.0 Å². The molecule has 2 rings (SSSR count). The molecule has 2 unspecified atom stereocenters. The van der Waals surface area contributed by atoms with E-state index in [9.17, 15) is 0 Å². The normalized spacial score (nSPS) is 21.1. The van der Waals surface area contributed by atoms with Gasteiger partial charge in [-0.15, -0.1) is 0 Å². The van der Waals surface area contributed by atoms with E-state index >= 15 is 0 Å². The summed E-state index contributed by atoms with van der Waals surface area (Å²) in [7, 11) is 1.74. The first-order chi connectivity index (χ1) is 8.13. The summed E-state index contributed by atoms with van der Waals surface area (Å²) in [6.45, 7) is 4.57. The first kappa shape index (κ1) is 12.9. The molecule has 0 spiro atoms. The summed E-state index contributed by atoms with van der Waals surface area (Å²) in [5, 5.41) is 0. The van der Waals surface area contributed by atoms with Gasteiger partial charge in [0.05, 0.1) is 7.11 Å². The van der Waals surface area contributed by atoms with Gasteiger partial charge in [0.2, 0.25) is 0 Å². The molecular formula is C15H21BrO. The third kappa shape index (κ3) is 2.67. The number of rotatable bonds is 3. The van der Waals surface area contributed by atoms with E-state index in [0.29, 0.717) is 16.7 Å². The highest BCUT2D eigenvalue weighted by molar-refractivity contribution is 9.09. The molecule has 2 atom stereocenters. The number of alkyl halides is 1.